The molecular formula is C9H8N4O. The summed E-state index contributed by atoms with van der Waals surface area (Å²) in [6.07, 6.45) is 2.67. The van der Waals surface area contributed by atoms with Gasteiger partial charge in [0, 0.05) is 20.2 Å². The molecule has 1 amide bonds. The quantitative estimate of drug-likeness (QED) is 0.634. The fourth-order valence-electron chi connectivity index (χ4n) is 0.850. The number of aromatic nitrogens is 2. The van der Waals surface area contributed by atoms with Crippen LogP contribution in [0.4, 0.5) is 0 Å². The molecule has 0 atom stereocenters. The summed E-state index contributed by atoms with van der Waals surface area (Å²) in [6.45, 7) is 12.0. The molecule has 5 nitrogen and oxygen atoms in total. The third kappa shape index (κ3) is 2.26. The van der Waals surface area contributed by atoms with E-state index in [1.54, 1.807) is 0 Å². The number of hydrogen-bond donors (Lipinski definition) is 0. The van der Waals surface area contributed by atoms with Gasteiger partial charge in [0.1, 0.15) is 5.69 Å². The third-order valence-electron chi connectivity index (χ3n) is 1.50. The highest BCUT2D eigenvalue weighted by Gasteiger charge is 2.14. The van der Waals surface area contributed by atoms with E-state index in [1.807, 2.05) is 0 Å². The maximum Gasteiger partial charge on any atom is 0.291 e. The Labute approximate surface area is 82.2 Å². The van der Waals surface area contributed by atoms with E-state index in [0.717, 1.165) is 0 Å². The molecule has 0 aromatic carbocycles. The fourth-order valence-corrected chi connectivity index (χ4v) is 0.850. The lowest BCUT2D eigenvalue weighted by atomic mass is 10.4. The second kappa shape index (κ2) is 4.33. The Morgan fingerprint density at radius 2 is 2.43 bits per heavy atom. The van der Waals surface area contributed by atoms with Crippen LogP contribution in [0, 0.1) is 13.5 Å². The van der Waals surface area contributed by atoms with Crippen molar-refractivity contribution in [2.24, 2.45) is 0 Å². The van der Waals surface area contributed by atoms with Gasteiger partial charge in [0.25, 0.3) is 12.6 Å². The first-order valence-electron chi connectivity index (χ1n) is 3.81. The zero-order valence-corrected chi connectivity index (χ0v) is 7.64. The summed E-state index contributed by atoms with van der Waals surface area (Å²) in [6, 6.07) is 0. The molecule has 0 aliphatic heterocycles. The molecule has 1 rings (SSSR count). The molecular weight excluding hydrogens is 180 g/mol. The van der Waals surface area contributed by atoms with E-state index in [1.165, 1.54) is 24.3 Å². The molecule has 0 N–H and O–H groups in total. The summed E-state index contributed by atoms with van der Waals surface area (Å²) in [5.74, 6) is -0.360. The van der Waals surface area contributed by atoms with Gasteiger partial charge in [-0.2, -0.15) is 0 Å². The number of hydrogen-bond acceptors (Lipinski definition) is 3. The number of carbonyl (C=O) groups is 1. The maximum absolute atomic E-state index is 11.5. The topological polar surface area (TPSA) is 50.5 Å². The number of amides is 1. The lowest BCUT2D eigenvalue weighted by Crippen LogP contribution is -2.27. The molecule has 5 heteroatoms. The molecule has 70 valence electrons. The Morgan fingerprint density at radius 1 is 1.71 bits per heavy atom. The molecule has 2 radical (unpaired) electrons. The van der Waals surface area contributed by atoms with Crippen LogP contribution < -0.4 is 0 Å². The van der Waals surface area contributed by atoms with Crippen molar-refractivity contribution in [1.82, 2.24) is 14.9 Å². The van der Waals surface area contributed by atoms with Crippen molar-refractivity contribution in [3.8, 4) is 0 Å². The van der Waals surface area contributed by atoms with E-state index in [4.69, 9.17) is 13.5 Å². The normalized spacial score (nSPS) is 9.21. The van der Waals surface area contributed by atoms with E-state index >= 15 is 0 Å². The first-order valence-corrected chi connectivity index (χ1v) is 3.81. The fraction of sp³-hybridized carbons (Fsp3) is 0.222. The number of carbonyl (C=O) groups excluding carboxylic acids is 1. The van der Waals surface area contributed by atoms with Crippen molar-refractivity contribution >= 4 is 5.91 Å². The van der Waals surface area contributed by atoms with Crippen molar-refractivity contribution in [2.75, 3.05) is 13.7 Å². The zero-order valence-electron chi connectivity index (χ0n) is 7.64. The molecule has 1 aromatic heterocycles. The Kier molecular flexibility index (Phi) is 3.13. The van der Waals surface area contributed by atoms with Gasteiger partial charge in [0.15, 0.2) is 0 Å². The Morgan fingerprint density at radius 3 is 3.00 bits per heavy atom. The summed E-state index contributed by atoms with van der Waals surface area (Å²) >= 11 is 0. The minimum Gasteiger partial charge on any atom is -0.293 e. The highest BCUT2D eigenvalue weighted by Crippen LogP contribution is 1.99. The van der Waals surface area contributed by atoms with Crippen LogP contribution in [0.25, 0.3) is 4.85 Å². The average molecular weight is 188 g/mol. The molecule has 0 saturated carbocycles. The van der Waals surface area contributed by atoms with Crippen LogP contribution in [0.15, 0.2) is 12.4 Å². The van der Waals surface area contributed by atoms with Gasteiger partial charge in [0.05, 0.1) is 11.9 Å². The van der Waals surface area contributed by atoms with E-state index in [2.05, 4.69) is 14.8 Å². The van der Waals surface area contributed by atoms with Gasteiger partial charge in [-0.15, -0.1) is 0 Å². The molecule has 14 heavy (non-hydrogen) atoms. The molecule has 1 heterocycles. The molecule has 0 spiro atoms. The van der Waals surface area contributed by atoms with Gasteiger partial charge in [-0.3, -0.25) is 19.5 Å². The van der Waals surface area contributed by atoms with Crippen LogP contribution in [0.1, 0.15) is 16.2 Å². The van der Waals surface area contributed by atoms with Crippen molar-refractivity contribution in [1.29, 1.82) is 0 Å². The second-order valence-electron chi connectivity index (χ2n) is 2.63. The van der Waals surface area contributed by atoms with Crippen LogP contribution in [0.3, 0.4) is 0 Å². The molecule has 0 saturated heterocycles. The minimum atomic E-state index is -0.360. The van der Waals surface area contributed by atoms with E-state index in [9.17, 15) is 4.79 Å². The standard InChI is InChI=1S/C9H8N4O/c1-7-4-11-5-8(12-7)9(14)13(3)6-10-2/h1,4-5H,6H2,3H3. The van der Waals surface area contributed by atoms with Crippen molar-refractivity contribution in [3.05, 3.63) is 42.1 Å². The van der Waals surface area contributed by atoms with Gasteiger partial charge < -0.3 is 0 Å². The summed E-state index contributed by atoms with van der Waals surface area (Å²) in [5, 5.41) is 0. The summed E-state index contributed by atoms with van der Waals surface area (Å²) in [7, 11) is 1.52. The van der Waals surface area contributed by atoms with E-state index in [0.29, 0.717) is 0 Å². The smallest absolute Gasteiger partial charge is 0.291 e. The van der Waals surface area contributed by atoms with Crippen molar-refractivity contribution < 1.29 is 4.79 Å². The molecule has 0 fully saturated rings. The molecule has 1 aromatic rings. The minimum absolute atomic E-state index is 0.00465. The van der Waals surface area contributed by atoms with Gasteiger partial charge in [-0.05, 0) is 0 Å². The van der Waals surface area contributed by atoms with Crippen molar-refractivity contribution in [3.63, 3.8) is 0 Å². The lowest BCUT2D eigenvalue weighted by molar-refractivity contribution is 0.0803. The van der Waals surface area contributed by atoms with Crippen LogP contribution >= 0.6 is 0 Å². The van der Waals surface area contributed by atoms with Crippen LogP contribution in [0.5, 0.6) is 0 Å². The van der Waals surface area contributed by atoms with E-state index in [-0.39, 0.29) is 24.0 Å². The third-order valence-corrected chi connectivity index (χ3v) is 1.50. The molecule has 0 bridgehead atoms. The Bertz CT molecular complexity index is 383. The number of rotatable bonds is 2. The van der Waals surface area contributed by atoms with Crippen molar-refractivity contribution in [2.45, 2.75) is 0 Å². The van der Waals surface area contributed by atoms with Gasteiger partial charge in [0.2, 0.25) is 0 Å². The number of nitrogens with zero attached hydrogens (tertiary/aromatic N) is 4. The van der Waals surface area contributed by atoms with E-state index < -0.39 is 0 Å². The van der Waals surface area contributed by atoms with Crippen LogP contribution in [-0.2, 0) is 0 Å². The van der Waals surface area contributed by atoms with Crippen LogP contribution in [-0.4, -0.2) is 34.5 Å². The zero-order chi connectivity index (χ0) is 10.6. The summed E-state index contributed by atoms with van der Waals surface area (Å²) in [5.41, 5.74) is 0.336. The Balaban J connectivity index is 2.85. The highest BCUT2D eigenvalue weighted by atomic mass is 16.2. The lowest BCUT2D eigenvalue weighted by Gasteiger charge is -2.09. The molecule has 0 aliphatic carbocycles. The van der Waals surface area contributed by atoms with Gasteiger partial charge in [-0.1, -0.05) is 0 Å². The average Bonchev–Trinajstić information content (AvgIpc) is 2.17. The summed E-state index contributed by atoms with van der Waals surface area (Å²) in [4.78, 5) is 23.4. The predicted octanol–water partition coefficient (Wildman–Crippen LogP) is 0.485. The predicted molar refractivity (Wildman–Crippen MR) is 49.0 cm³/mol. The maximum atomic E-state index is 11.5. The molecule has 0 aliphatic rings. The van der Waals surface area contributed by atoms with Gasteiger partial charge >= 0.3 is 0 Å². The highest BCUT2D eigenvalue weighted by molar-refractivity contribution is 5.91. The Hall–Kier alpha value is -1.96. The second-order valence-corrected chi connectivity index (χ2v) is 2.63. The first kappa shape index (κ1) is 10.1. The summed E-state index contributed by atoms with van der Waals surface area (Å²) < 4.78 is 0. The SMILES string of the molecule is [C-]#[N+]CN(C)C(=O)c1cncc([CH])n1. The molecule has 0 unspecified atom stereocenters. The monoisotopic (exact) mass is 188 g/mol. The van der Waals surface area contributed by atoms with Crippen LogP contribution in [0.2, 0.25) is 0 Å². The first-order chi connectivity index (χ1) is 6.65. The largest absolute Gasteiger partial charge is 0.293 e. The van der Waals surface area contributed by atoms with Gasteiger partial charge in [-0.25, -0.2) is 11.6 Å².